The summed E-state index contributed by atoms with van der Waals surface area (Å²) in [5.41, 5.74) is 3.88. The Bertz CT molecular complexity index is 1740. The molecule has 1 aromatic heterocycles. The summed E-state index contributed by atoms with van der Waals surface area (Å²) in [6.07, 6.45) is 0. The van der Waals surface area contributed by atoms with Gasteiger partial charge in [-0.3, -0.25) is 23.7 Å². The van der Waals surface area contributed by atoms with Gasteiger partial charge in [0.25, 0.3) is 0 Å². The Balaban J connectivity index is 1.43. The Morgan fingerprint density at radius 3 is 2.41 bits per heavy atom. The molecule has 3 atom stereocenters. The average molecular weight is 586 g/mol. The van der Waals surface area contributed by atoms with E-state index in [2.05, 4.69) is 5.32 Å². The van der Waals surface area contributed by atoms with Crippen LogP contribution in [-0.4, -0.2) is 34.6 Å². The molecule has 41 heavy (non-hydrogen) atoms. The first kappa shape index (κ1) is 27.0. The molecule has 4 aromatic rings. The number of fused-ring (bicyclic) bond motifs is 2. The Morgan fingerprint density at radius 2 is 1.68 bits per heavy atom. The van der Waals surface area contributed by atoms with Crippen molar-refractivity contribution in [1.82, 2.24) is 4.57 Å². The fourth-order valence-corrected chi connectivity index (χ4v) is 8.29. The molecule has 1 N–H and O–H groups in total. The van der Waals surface area contributed by atoms with Crippen molar-refractivity contribution in [2.24, 2.45) is 5.92 Å². The first-order valence-corrected chi connectivity index (χ1v) is 14.8. The lowest BCUT2D eigenvalue weighted by Gasteiger charge is -2.31. The smallest absolute Gasteiger partial charge is 0.308 e. The van der Waals surface area contributed by atoms with Crippen LogP contribution in [-0.2, 0) is 20.9 Å². The van der Waals surface area contributed by atoms with Gasteiger partial charge in [0, 0.05) is 22.0 Å². The Hall–Kier alpha value is -4.15. The number of ether oxygens (including phenoxy) is 1. The predicted molar refractivity (Wildman–Crippen MR) is 160 cm³/mol. The molecular formula is C31H27N3O5S2. The van der Waals surface area contributed by atoms with Gasteiger partial charge >= 0.3 is 4.87 Å². The van der Waals surface area contributed by atoms with Gasteiger partial charge in [0.15, 0.2) is 0 Å². The number of nitrogens with zero attached hydrogens (tertiary/aromatic N) is 2. The molecule has 2 aliphatic rings. The molecule has 0 unspecified atom stereocenters. The fraction of sp³-hybridized carbons (Fsp3) is 0.226. The number of imide groups is 1. The third-order valence-corrected chi connectivity index (χ3v) is 10.0. The second-order valence-electron chi connectivity index (χ2n) is 10.2. The van der Waals surface area contributed by atoms with E-state index in [1.807, 2.05) is 62.4 Å². The highest BCUT2D eigenvalue weighted by Crippen LogP contribution is 2.55. The number of aryl methyl sites for hydroxylation is 2. The number of thioether (sulfide) groups is 1. The predicted octanol–water partition coefficient (Wildman–Crippen LogP) is 4.97. The molecule has 1 saturated heterocycles. The lowest BCUT2D eigenvalue weighted by molar-refractivity contribution is -0.122. The van der Waals surface area contributed by atoms with E-state index < -0.39 is 17.1 Å². The van der Waals surface area contributed by atoms with E-state index in [9.17, 15) is 19.2 Å². The van der Waals surface area contributed by atoms with Gasteiger partial charge in [0.2, 0.25) is 17.7 Å². The highest BCUT2D eigenvalue weighted by Gasteiger charge is 2.57. The van der Waals surface area contributed by atoms with Crippen LogP contribution in [0.15, 0.2) is 82.6 Å². The summed E-state index contributed by atoms with van der Waals surface area (Å²) in [6, 6.07) is 22.0. The second-order valence-corrected chi connectivity index (χ2v) is 12.3. The van der Waals surface area contributed by atoms with E-state index >= 15 is 0 Å². The van der Waals surface area contributed by atoms with E-state index in [0.717, 1.165) is 28.0 Å². The zero-order valence-corrected chi connectivity index (χ0v) is 24.3. The van der Waals surface area contributed by atoms with Gasteiger partial charge in [-0.05, 0) is 49.7 Å². The van der Waals surface area contributed by atoms with Gasteiger partial charge < -0.3 is 10.1 Å². The molecule has 0 bridgehead atoms. The number of hydrogen-bond donors (Lipinski definition) is 1. The van der Waals surface area contributed by atoms with Crippen LogP contribution in [0.2, 0.25) is 0 Å². The summed E-state index contributed by atoms with van der Waals surface area (Å²) in [6.45, 7) is 3.66. The van der Waals surface area contributed by atoms with Gasteiger partial charge in [-0.2, -0.15) is 0 Å². The highest BCUT2D eigenvalue weighted by atomic mass is 32.2. The molecule has 2 aliphatic heterocycles. The fourth-order valence-electron chi connectivity index (χ4n) is 5.53. The molecular weight excluding hydrogens is 558 g/mol. The van der Waals surface area contributed by atoms with Crippen molar-refractivity contribution >= 4 is 52.2 Å². The topological polar surface area (TPSA) is 97.7 Å². The van der Waals surface area contributed by atoms with Crippen LogP contribution >= 0.6 is 23.1 Å². The zero-order valence-electron chi connectivity index (χ0n) is 22.6. The first-order chi connectivity index (χ1) is 19.8. The largest absolute Gasteiger partial charge is 0.496 e. The molecule has 0 saturated carbocycles. The van der Waals surface area contributed by atoms with Crippen LogP contribution in [0.5, 0.6) is 5.75 Å². The minimum atomic E-state index is -0.772. The molecule has 10 heteroatoms. The van der Waals surface area contributed by atoms with Gasteiger partial charge in [0.05, 0.1) is 23.7 Å². The summed E-state index contributed by atoms with van der Waals surface area (Å²) < 4.78 is 7.08. The second kappa shape index (κ2) is 10.7. The van der Waals surface area contributed by atoms with Gasteiger partial charge in [0.1, 0.15) is 17.5 Å². The van der Waals surface area contributed by atoms with E-state index in [0.29, 0.717) is 27.0 Å². The summed E-state index contributed by atoms with van der Waals surface area (Å²) in [5.74, 6) is -1.79. The number of para-hydroxylation sites is 1. The lowest BCUT2D eigenvalue weighted by Crippen LogP contribution is -2.33. The van der Waals surface area contributed by atoms with Crippen molar-refractivity contribution in [3.8, 4) is 5.75 Å². The quantitative estimate of drug-likeness (QED) is 0.321. The molecule has 0 aliphatic carbocycles. The monoisotopic (exact) mass is 585 g/mol. The molecule has 0 spiro atoms. The summed E-state index contributed by atoms with van der Waals surface area (Å²) in [5, 5.41) is 2.62. The lowest BCUT2D eigenvalue weighted by atomic mass is 9.82. The molecule has 1 fully saturated rings. The van der Waals surface area contributed by atoms with Crippen LogP contribution < -0.4 is 19.8 Å². The maximum absolute atomic E-state index is 14.0. The van der Waals surface area contributed by atoms with Crippen LogP contribution in [0.25, 0.3) is 0 Å². The Labute approximate surface area is 245 Å². The minimum absolute atomic E-state index is 0.217. The van der Waals surface area contributed by atoms with Crippen LogP contribution in [0, 0.1) is 19.8 Å². The SMILES string of the molecule is COc1ccccc1[C@@H]1c2sc(=O)n(CC(=O)Nc3cccc(C)c3)c2S[C@H]2C(=O)N(c3ccc(C)cc3)C(=O)[C@@H]12. The maximum atomic E-state index is 14.0. The third kappa shape index (κ3) is 4.76. The zero-order chi connectivity index (χ0) is 28.8. The van der Waals surface area contributed by atoms with E-state index in [-0.39, 0.29) is 29.1 Å². The summed E-state index contributed by atoms with van der Waals surface area (Å²) in [7, 11) is 1.55. The number of anilines is 2. The van der Waals surface area contributed by atoms with Crippen LogP contribution in [0.1, 0.15) is 27.5 Å². The van der Waals surface area contributed by atoms with E-state index in [1.54, 1.807) is 31.4 Å². The number of thiazole rings is 1. The standard InChI is InChI=1S/C31H27N3O5S2/c1-17-11-13-20(14-12-17)34-28(36)25-24(21-9-4-5-10-22(21)39-3)27-30(40-26(25)29(34)37)33(31(38)41-27)16-23(35)32-19-8-6-7-18(2)15-19/h4-15,24-26H,16H2,1-3H3,(H,32,35)/t24-,25-,26+/m0/s1. The van der Waals surface area contributed by atoms with Crippen molar-refractivity contribution in [3.63, 3.8) is 0 Å². The van der Waals surface area contributed by atoms with Crippen molar-refractivity contribution in [1.29, 1.82) is 0 Å². The number of rotatable bonds is 6. The number of carbonyl (C=O) groups excluding carboxylic acids is 3. The summed E-state index contributed by atoms with van der Waals surface area (Å²) >= 11 is 2.20. The number of benzene rings is 3. The van der Waals surface area contributed by atoms with Gasteiger partial charge in [-0.15, -0.1) is 0 Å². The average Bonchev–Trinajstić information content (AvgIpc) is 3.39. The van der Waals surface area contributed by atoms with Gasteiger partial charge in [-0.25, -0.2) is 4.90 Å². The molecule has 3 aromatic carbocycles. The number of hydrogen-bond acceptors (Lipinski definition) is 7. The number of amides is 3. The number of aromatic nitrogens is 1. The van der Waals surface area contributed by atoms with Crippen molar-refractivity contribution in [2.75, 3.05) is 17.3 Å². The molecule has 208 valence electrons. The minimum Gasteiger partial charge on any atom is -0.496 e. The van der Waals surface area contributed by atoms with Crippen LogP contribution in [0.4, 0.5) is 11.4 Å². The number of methoxy groups -OCH3 is 1. The molecule has 6 rings (SSSR count). The van der Waals surface area contributed by atoms with E-state index in [4.69, 9.17) is 4.74 Å². The van der Waals surface area contributed by atoms with Crippen molar-refractivity contribution in [3.05, 3.63) is 104 Å². The number of nitrogens with one attached hydrogen (secondary N) is 1. The molecule has 0 radical (unpaired) electrons. The molecule has 3 heterocycles. The third-order valence-electron chi connectivity index (χ3n) is 7.42. The normalized spacial score (nSPS) is 19.6. The van der Waals surface area contributed by atoms with Gasteiger partial charge in [-0.1, -0.05) is 71.1 Å². The van der Waals surface area contributed by atoms with Crippen molar-refractivity contribution < 1.29 is 19.1 Å². The highest BCUT2D eigenvalue weighted by molar-refractivity contribution is 8.00. The van der Waals surface area contributed by atoms with Crippen LogP contribution in [0.3, 0.4) is 0 Å². The Morgan fingerprint density at radius 1 is 0.927 bits per heavy atom. The Kier molecular flexibility index (Phi) is 7.04. The summed E-state index contributed by atoms with van der Waals surface area (Å²) in [4.78, 5) is 55.9. The molecule has 3 amide bonds. The first-order valence-electron chi connectivity index (χ1n) is 13.1. The van der Waals surface area contributed by atoms with Crippen molar-refractivity contribution in [2.45, 2.75) is 36.6 Å². The molecule has 8 nitrogen and oxygen atoms in total. The van der Waals surface area contributed by atoms with E-state index in [1.165, 1.54) is 21.2 Å². The maximum Gasteiger partial charge on any atom is 0.308 e. The number of carbonyl (C=O) groups is 3.